The summed E-state index contributed by atoms with van der Waals surface area (Å²) in [5.74, 6) is -0.299. The van der Waals surface area contributed by atoms with Crippen molar-refractivity contribution in [3.63, 3.8) is 0 Å². The summed E-state index contributed by atoms with van der Waals surface area (Å²) < 4.78 is 5.24. The molecule has 25 heavy (non-hydrogen) atoms. The Kier molecular flexibility index (Phi) is 5.87. The lowest BCUT2D eigenvalue weighted by Crippen LogP contribution is -2.31. The number of hydrogen-bond donors (Lipinski definition) is 5. The van der Waals surface area contributed by atoms with E-state index in [1.165, 1.54) is 12.3 Å². The molecule has 11 heteroatoms. The summed E-state index contributed by atoms with van der Waals surface area (Å²) in [7, 11) is 0. The van der Waals surface area contributed by atoms with Crippen LogP contribution >= 0.6 is 0 Å². The zero-order valence-corrected chi connectivity index (χ0v) is 13.2. The van der Waals surface area contributed by atoms with E-state index in [0.29, 0.717) is 17.9 Å². The van der Waals surface area contributed by atoms with Crippen molar-refractivity contribution < 1.29 is 14.6 Å². The number of aromatic nitrogens is 3. The first-order chi connectivity index (χ1) is 12.0. The summed E-state index contributed by atoms with van der Waals surface area (Å²) >= 11 is 0. The molecule has 1 heterocycles. The van der Waals surface area contributed by atoms with Crippen LogP contribution in [0.5, 0.6) is 11.5 Å². The molecule has 2 aromatic rings. The second kappa shape index (κ2) is 8.29. The molecular formula is C14H16N6O5. The number of aromatic hydroxyl groups is 1. The van der Waals surface area contributed by atoms with Crippen molar-refractivity contribution in [3.8, 4) is 11.5 Å². The number of phenolic OH excluding ortho intramolecular Hbond substituents is 1. The van der Waals surface area contributed by atoms with Crippen molar-refractivity contribution in [2.75, 3.05) is 18.5 Å². The number of anilines is 1. The first-order valence-corrected chi connectivity index (χ1v) is 7.20. The monoisotopic (exact) mass is 348 g/mol. The number of aromatic amines is 2. The Morgan fingerprint density at radius 2 is 2.24 bits per heavy atom. The van der Waals surface area contributed by atoms with Gasteiger partial charge in [0.15, 0.2) is 0 Å². The fourth-order valence-electron chi connectivity index (χ4n) is 1.73. The Morgan fingerprint density at radius 1 is 1.44 bits per heavy atom. The van der Waals surface area contributed by atoms with E-state index in [9.17, 15) is 19.5 Å². The Labute approximate surface area is 140 Å². The van der Waals surface area contributed by atoms with Crippen LogP contribution in [0.15, 0.2) is 32.9 Å². The van der Waals surface area contributed by atoms with Gasteiger partial charge in [0.2, 0.25) is 5.82 Å². The number of H-pyrrole nitrogens is 2. The third-order valence-corrected chi connectivity index (χ3v) is 2.83. The molecule has 0 radical (unpaired) electrons. The number of rotatable bonds is 7. The Balaban J connectivity index is 1.88. The third kappa shape index (κ3) is 5.20. The van der Waals surface area contributed by atoms with Crippen LogP contribution in [0.2, 0.25) is 0 Å². The fourth-order valence-corrected chi connectivity index (χ4v) is 1.73. The highest BCUT2D eigenvalue weighted by Crippen LogP contribution is 2.22. The van der Waals surface area contributed by atoms with Crippen molar-refractivity contribution >= 4 is 17.9 Å². The minimum atomic E-state index is -0.751. The van der Waals surface area contributed by atoms with E-state index in [2.05, 4.69) is 20.9 Å². The summed E-state index contributed by atoms with van der Waals surface area (Å²) in [6, 6.07) is 4.67. The van der Waals surface area contributed by atoms with Crippen molar-refractivity contribution in [3.05, 3.63) is 44.6 Å². The van der Waals surface area contributed by atoms with Crippen molar-refractivity contribution in [1.82, 2.24) is 20.6 Å². The maximum absolute atomic E-state index is 11.6. The molecule has 1 aromatic carbocycles. The molecule has 0 aliphatic carbocycles. The summed E-state index contributed by atoms with van der Waals surface area (Å²) in [6.45, 7) is 2.00. The summed E-state index contributed by atoms with van der Waals surface area (Å²) in [4.78, 5) is 35.8. The van der Waals surface area contributed by atoms with Crippen molar-refractivity contribution in [1.29, 1.82) is 0 Å². The van der Waals surface area contributed by atoms with Gasteiger partial charge in [-0.2, -0.15) is 5.10 Å². The smallest absolute Gasteiger partial charge is 0.342 e. The molecule has 1 aromatic heterocycles. The molecule has 0 atom stereocenters. The van der Waals surface area contributed by atoms with Crippen LogP contribution in [0.3, 0.4) is 0 Å². The van der Waals surface area contributed by atoms with Crippen LogP contribution in [0, 0.1) is 0 Å². The molecule has 0 bridgehead atoms. The van der Waals surface area contributed by atoms with Gasteiger partial charge < -0.3 is 15.2 Å². The number of benzene rings is 1. The fraction of sp³-hybridized carbons (Fsp3) is 0.214. The number of nitrogens with zero attached hydrogens (tertiary/aromatic N) is 2. The van der Waals surface area contributed by atoms with Crippen molar-refractivity contribution in [2.24, 2.45) is 5.10 Å². The number of hydrogen-bond acceptors (Lipinski definition) is 8. The number of ether oxygens (including phenoxy) is 1. The minimum absolute atomic E-state index is 0.0500. The number of nitrogens with one attached hydrogen (secondary N) is 4. The van der Waals surface area contributed by atoms with Gasteiger partial charge in [-0.1, -0.05) is 0 Å². The molecule has 0 aliphatic heterocycles. The summed E-state index contributed by atoms with van der Waals surface area (Å²) in [5.41, 5.74) is 1.10. The molecule has 132 valence electrons. The molecule has 1 amide bonds. The SMILES string of the molecule is CCOc1ccc(/C=N\NC(=O)CNc2n[nH]c(=O)[nH]c2=O)c(O)c1. The molecule has 5 N–H and O–H groups in total. The number of amides is 1. The van der Waals surface area contributed by atoms with Crippen LogP contribution in [0.1, 0.15) is 12.5 Å². The minimum Gasteiger partial charge on any atom is -0.507 e. The molecule has 0 aliphatic rings. The summed E-state index contributed by atoms with van der Waals surface area (Å²) in [6.07, 6.45) is 1.26. The molecule has 0 unspecified atom stereocenters. The lowest BCUT2D eigenvalue weighted by Gasteiger charge is -2.05. The van der Waals surface area contributed by atoms with Gasteiger partial charge in [0.05, 0.1) is 19.4 Å². The number of carbonyl (C=O) groups is 1. The number of phenols is 1. The zero-order chi connectivity index (χ0) is 18.2. The number of carbonyl (C=O) groups excluding carboxylic acids is 1. The third-order valence-electron chi connectivity index (χ3n) is 2.83. The Morgan fingerprint density at radius 3 is 2.92 bits per heavy atom. The summed E-state index contributed by atoms with van der Waals surface area (Å²) in [5, 5.41) is 21.4. The first kappa shape index (κ1) is 17.7. The van der Waals surface area contributed by atoms with Gasteiger partial charge in [-0.3, -0.25) is 14.6 Å². The van der Waals surface area contributed by atoms with E-state index >= 15 is 0 Å². The van der Waals surface area contributed by atoms with E-state index < -0.39 is 17.2 Å². The predicted octanol–water partition coefficient (Wildman–Crippen LogP) is -0.875. The standard InChI is InChI=1S/C14H16N6O5/c1-2-25-9-4-3-8(10(21)5-9)6-16-18-11(22)7-15-12-13(23)17-14(24)20-19-12/h3-6,21H,2,7H2,1H3,(H,15,19)(H,18,22)(H2,17,20,23,24)/b16-6-. The highest BCUT2D eigenvalue weighted by molar-refractivity contribution is 5.86. The molecular weight excluding hydrogens is 332 g/mol. The van der Waals surface area contributed by atoms with Gasteiger partial charge in [-0.15, -0.1) is 5.10 Å². The second-order valence-electron chi connectivity index (χ2n) is 4.66. The van der Waals surface area contributed by atoms with Gasteiger partial charge in [0.1, 0.15) is 11.5 Å². The van der Waals surface area contributed by atoms with Gasteiger partial charge in [0.25, 0.3) is 11.5 Å². The van der Waals surface area contributed by atoms with Gasteiger partial charge in [0, 0.05) is 11.6 Å². The largest absolute Gasteiger partial charge is 0.507 e. The highest BCUT2D eigenvalue weighted by atomic mass is 16.5. The topological polar surface area (TPSA) is 162 Å². The van der Waals surface area contributed by atoms with Crippen LogP contribution in [-0.2, 0) is 4.79 Å². The molecule has 0 saturated carbocycles. The first-order valence-electron chi connectivity index (χ1n) is 7.20. The molecule has 0 saturated heterocycles. The van der Waals surface area contributed by atoms with Crippen LogP contribution in [-0.4, -0.2) is 45.6 Å². The van der Waals surface area contributed by atoms with Gasteiger partial charge in [-0.05, 0) is 19.1 Å². The molecule has 0 spiro atoms. The van der Waals surface area contributed by atoms with Crippen LogP contribution in [0.25, 0.3) is 0 Å². The van der Waals surface area contributed by atoms with Crippen LogP contribution in [0.4, 0.5) is 5.82 Å². The van der Waals surface area contributed by atoms with E-state index in [1.807, 2.05) is 17.0 Å². The molecule has 0 fully saturated rings. The highest BCUT2D eigenvalue weighted by Gasteiger charge is 2.05. The van der Waals surface area contributed by atoms with E-state index in [1.54, 1.807) is 12.1 Å². The lowest BCUT2D eigenvalue weighted by molar-refractivity contribution is -0.119. The Bertz CT molecular complexity index is 888. The second-order valence-corrected chi connectivity index (χ2v) is 4.66. The van der Waals surface area contributed by atoms with Crippen LogP contribution < -0.4 is 26.7 Å². The quantitative estimate of drug-likeness (QED) is 0.321. The Hall–Kier alpha value is -3.63. The lowest BCUT2D eigenvalue weighted by atomic mass is 10.2. The molecule has 11 nitrogen and oxygen atoms in total. The maximum Gasteiger partial charge on any atom is 0.342 e. The average Bonchev–Trinajstić information content (AvgIpc) is 2.56. The van der Waals surface area contributed by atoms with Gasteiger partial charge in [-0.25, -0.2) is 15.3 Å². The van der Waals surface area contributed by atoms with E-state index in [4.69, 9.17) is 4.74 Å². The van der Waals surface area contributed by atoms with E-state index in [0.717, 1.165) is 0 Å². The van der Waals surface area contributed by atoms with Gasteiger partial charge >= 0.3 is 5.69 Å². The number of hydrazone groups is 1. The maximum atomic E-state index is 11.6. The van der Waals surface area contributed by atoms with E-state index in [-0.39, 0.29) is 18.1 Å². The average molecular weight is 348 g/mol. The predicted molar refractivity (Wildman–Crippen MR) is 89.0 cm³/mol. The zero-order valence-electron chi connectivity index (χ0n) is 13.2. The van der Waals surface area contributed by atoms with Crippen molar-refractivity contribution in [2.45, 2.75) is 6.92 Å². The normalized spacial score (nSPS) is 10.6. The molecule has 2 rings (SSSR count).